The maximum atomic E-state index is 13.2. The van der Waals surface area contributed by atoms with Crippen LogP contribution in [0.3, 0.4) is 0 Å². The number of nitrogens with one attached hydrogen (secondary N) is 1. The number of hydrogen-bond acceptors (Lipinski definition) is 7. The van der Waals surface area contributed by atoms with Gasteiger partial charge in [0.15, 0.2) is 0 Å². The van der Waals surface area contributed by atoms with E-state index in [9.17, 15) is 19.2 Å². The Morgan fingerprint density at radius 2 is 1.62 bits per heavy atom. The molecule has 1 aliphatic rings. The number of nitrogens with zero attached hydrogens (tertiary/aromatic N) is 1. The van der Waals surface area contributed by atoms with Crippen molar-refractivity contribution in [3.63, 3.8) is 0 Å². The minimum absolute atomic E-state index is 0.0611. The van der Waals surface area contributed by atoms with Gasteiger partial charge < -0.3 is 14.8 Å². The molecule has 8 nitrogen and oxygen atoms in total. The highest BCUT2D eigenvalue weighted by atomic mass is 35.5. The third kappa shape index (κ3) is 5.66. The van der Waals surface area contributed by atoms with Crippen molar-refractivity contribution in [2.45, 2.75) is 13.3 Å². The van der Waals surface area contributed by atoms with E-state index in [2.05, 4.69) is 5.32 Å². The molecule has 188 valence electrons. The van der Waals surface area contributed by atoms with Crippen LogP contribution >= 0.6 is 23.2 Å². The minimum Gasteiger partial charge on any atom is -0.462 e. The van der Waals surface area contributed by atoms with E-state index in [1.54, 1.807) is 30.3 Å². The Hall–Kier alpha value is -4.14. The molecule has 1 N–H and O–H groups in total. The largest absolute Gasteiger partial charge is 0.462 e. The van der Waals surface area contributed by atoms with Crippen LogP contribution in [-0.4, -0.2) is 30.4 Å². The van der Waals surface area contributed by atoms with Gasteiger partial charge in [0.2, 0.25) is 0 Å². The number of para-hydroxylation sites is 1. The van der Waals surface area contributed by atoms with Crippen LogP contribution in [0.4, 0.5) is 11.4 Å². The average molecular weight is 539 g/mol. The molecule has 0 saturated carbocycles. The molecule has 37 heavy (non-hydrogen) atoms. The Labute approximate surface area is 222 Å². The summed E-state index contributed by atoms with van der Waals surface area (Å²) < 4.78 is 10.5. The number of esters is 2. The number of halogens is 2. The Bertz CT molecular complexity index is 1420. The van der Waals surface area contributed by atoms with Gasteiger partial charge in [-0.05, 0) is 61.0 Å². The van der Waals surface area contributed by atoms with Crippen molar-refractivity contribution in [3.05, 3.63) is 99.7 Å². The second-order valence-corrected chi connectivity index (χ2v) is 8.65. The lowest BCUT2D eigenvalue weighted by Gasteiger charge is -2.18. The van der Waals surface area contributed by atoms with Gasteiger partial charge in [0.1, 0.15) is 16.5 Å². The molecule has 1 aliphatic heterocycles. The molecule has 0 aliphatic carbocycles. The normalized spacial score (nSPS) is 13.1. The topological polar surface area (TPSA) is 102 Å². The molecule has 0 saturated heterocycles. The van der Waals surface area contributed by atoms with Gasteiger partial charge in [0, 0.05) is 10.7 Å². The lowest BCUT2D eigenvalue weighted by molar-refractivity contribution is -0.120. The van der Waals surface area contributed by atoms with Gasteiger partial charge in [-0.15, -0.1) is 0 Å². The zero-order valence-corrected chi connectivity index (χ0v) is 21.0. The number of carbonyl (C=O) groups excluding carboxylic acids is 4. The Kier molecular flexibility index (Phi) is 7.91. The SMILES string of the molecule is CCCOC(=O)c1ccccc1N1C(=O)C(Cl)=C(Nc2ccc(C(=O)Oc3cccc(Cl)c3)cc2)C1=O. The van der Waals surface area contributed by atoms with E-state index in [-0.39, 0.29) is 34.2 Å². The summed E-state index contributed by atoms with van der Waals surface area (Å²) in [7, 11) is 0. The first-order valence-electron chi connectivity index (χ1n) is 11.2. The van der Waals surface area contributed by atoms with Crippen LogP contribution in [0.5, 0.6) is 5.75 Å². The number of carbonyl (C=O) groups is 4. The lowest BCUT2D eigenvalue weighted by Crippen LogP contribution is -2.33. The lowest BCUT2D eigenvalue weighted by atomic mass is 10.1. The molecule has 10 heteroatoms. The van der Waals surface area contributed by atoms with Crippen molar-refractivity contribution in [2.75, 3.05) is 16.8 Å². The number of ether oxygens (including phenoxy) is 2. The number of imide groups is 1. The fourth-order valence-electron chi connectivity index (χ4n) is 3.47. The van der Waals surface area contributed by atoms with Crippen LogP contribution in [0.1, 0.15) is 34.1 Å². The Balaban J connectivity index is 1.50. The third-order valence-corrected chi connectivity index (χ3v) is 5.81. The zero-order chi connectivity index (χ0) is 26.5. The molecule has 0 unspecified atom stereocenters. The number of hydrogen-bond donors (Lipinski definition) is 1. The predicted octanol–water partition coefficient (Wildman–Crippen LogP) is 5.56. The highest BCUT2D eigenvalue weighted by Gasteiger charge is 2.40. The Morgan fingerprint density at radius 3 is 2.32 bits per heavy atom. The number of benzene rings is 3. The molecule has 2 amide bonds. The summed E-state index contributed by atoms with van der Waals surface area (Å²) in [6.45, 7) is 2.05. The van der Waals surface area contributed by atoms with Crippen molar-refractivity contribution in [1.82, 2.24) is 0 Å². The Morgan fingerprint density at radius 1 is 0.892 bits per heavy atom. The van der Waals surface area contributed by atoms with Gasteiger partial charge in [-0.1, -0.05) is 48.3 Å². The van der Waals surface area contributed by atoms with Crippen molar-refractivity contribution in [2.24, 2.45) is 0 Å². The van der Waals surface area contributed by atoms with Gasteiger partial charge in [-0.25, -0.2) is 14.5 Å². The fourth-order valence-corrected chi connectivity index (χ4v) is 3.87. The van der Waals surface area contributed by atoms with E-state index in [0.717, 1.165) is 4.90 Å². The monoisotopic (exact) mass is 538 g/mol. The zero-order valence-electron chi connectivity index (χ0n) is 19.5. The molecule has 3 aromatic rings. The van der Waals surface area contributed by atoms with Crippen LogP contribution in [0.2, 0.25) is 5.02 Å². The van der Waals surface area contributed by atoms with Crippen molar-refractivity contribution >= 4 is 58.3 Å². The molecule has 0 fully saturated rings. The summed E-state index contributed by atoms with van der Waals surface area (Å²) in [6.07, 6.45) is 0.619. The third-order valence-electron chi connectivity index (χ3n) is 5.23. The van der Waals surface area contributed by atoms with Crippen LogP contribution in [0, 0.1) is 0 Å². The second kappa shape index (κ2) is 11.3. The highest BCUT2D eigenvalue weighted by Crippen LogP contribution is 2.32. The van der Waals surface area contributed by atoms with E-state index in [1.807, 2.05) is 6.92 Å². The summed E-state index contributed by atoms with van der Waals surface area (Å²) in [5, 5.41) is 2.92. The second-order valence-electron chi connectivity index (χ2n) is 7.84. The minimum atomic E-state index is -0.786. The number of anilines is 2. The van der Waals surface area contributed by atoms with E-state index in [4.69, 9.17) is 32.7 Å². The molecule has 0 radical (unpaired) electrons. The van der Waals surface area contributed by atoms with Crippen molar-refractivity contribution in [1.29, 1.82) is 0 Å². The van der Waals surface area contributed by atoms with Gasteiger partial charge in [-0.2, -0.15) is 0 Å². The maximum Gasteiger partial charge on any atom is 0.343 e. The quantitative estimate of drug-likeness (QED) is 0.227. The molecule has 0 aromatic heterocycles. The van der Waals surface area contributed by atoms with Crippen LogP contribution in [-0.2, 0) is 14.3 Å². The summed E-state index contributed by atoms with van der Waals surface area (Å²) in [5.74, 6) is -2.49. The first-order valence-corrected chi connectivity index (χ1v) is 11.9. The van der Waals surface area contributed by atoms with E-state index >= 15 is 0 Å². The van der Waals surface area contributed by atoms with Crippen molar-refractivity contribution < 1.29 is 28.7 Å². The standard InChI is InChI=1S/C27H20Cl2N2O6/c1-2-14-36-27(35)20-8-3-4-9-21(20)31-24(32)22(29)23(25(31)33)30-18-12-10-16(11-13-18)26(34)37-19-7-5-6-17(28)15-19/h3-13,15,30H,2,14H2,1H3. The van der Waals surface area contributed by atoms with E-state index in [0.29, 0.717) is 22.9 Å². The summed E-state index contributed by atoms with van der Waals surface area (Å²) in [6, 6.07) is 18.6. The smallest absolute Gasteiger partial charge is 0.343 e. The number of amides is 2. The first-order chi connectivity index (χ1) is 17.8. The van der Waals surface area contributed by atoms with E-state index < -0.39 is 23.8 Å². The average Bonchev–Trinajstić information content (AvgIpc) is 3.10. The molecule has 3 aromatic carbocycles. The van der Waals surface area contributed by atoms with Gasteiger partial charge in [0.05, 0.1) is 23.4 Å². The predicted molar refractivity (Wildman–Crippen MR) is 139 cm³/mol. The van der Waals surface area contributed by atoms with Crippen molar-refractivity contribution in [3.8, 4) is 5.75 Å². The number of rotatable bonds is 8. The van der Waals surface area contributed by atoms with Gasteiger partial charge in [0.25, 0.3) is 11.8 Å². The maximum absolute atomic E-state index is 13.2. The van der Waals surface area contributed by atoms with Crippen LogP contribution in [0.25, 0.3) is 0 Å². The van der Waals surface area contributed by atoms with Crippen LogP contribution < -0.4 is 15.0 Å². The van der Waals surface area contributed by atoms with Gasteiger partial charge in [-0.3, -0.25) is 9.59 Å². The molecule has 4 rings (SSSR count). The molecule has 0 atom stereocenters. The molecule has 0 bridgehead atoms. The molecular weight excluding hydrogens is 519 g/mol. The first kappa shape index (κ1) is 25.9. The van der Waals surface area contributed by atoms with Gasteiger partial charge >= 0.3 is 11.9 Å². The molecular formula is C27H20Cl2N2O6. The molecule has 0 spiro atoms. The summed E-state index contributed by atoms with van der Waals surface area (Å²) in [5.41, 5.74) is 0.600. The van der Waals surface area contributed by atoms with Crippen LogP contribution in [0.15, 0.2) is 83.5 Å². The summed E-state index contributed by atoms with van der Waals surface area (Å²) >= 11 is 12.1. The van der Waals surface area contributed by atoms with E-state index in [1.165, 1.54) is 42.5 Å². The molecule has 1 heterocycles. The summed E-state index contributed by atoms with van der Waals surface area (Å²) in [4.78, 5) is 51.8. The fraction of sp³-hybridized carbons (Fsp3) is 0.111. The highest BCUT2D eigenvalue weighted by molar-refractivity contribution is 6.53.